The molecule has 0 atom stereocenters. The molecule has 11 heteroatoms. The normalized spacial score (nSPS) is 11.9. The fourth-order valence-electron chi connectivity index (χ4n) is 15.3. The molecule has 0 radical (unpaired) electrons. The van der Waals surface area contributed by atoms with Crippen molar-refractivity contribution in [2.24, 2.45) is 0 Å². The average Bonchev–Trinajstić information content (AvgIpc) is 1.60. The number of aryl methyl sites for hydroxylation is 6. The van der Waals surface area contributed by atoms with Crippen LogP contribution in [0, 0.1) is 0 Å². The van der Waals surface area contributed by atoms with Gasteiger partial charge in [0.1, 0.15) is 0 Å². The number of benzene rings is 5. The van der Waals surface area contributed by atoms with Crippen LogP contribution in [-0.2, 0) is 62.7 Å². The average molecular weight is 1360 g/mol. The minimum absolute atomic E-state index is 0. The van der Waals surface area contributed by atoms with Crippen LogP contribution in [0.5, 0.6) is 0 Å². The molecule has 0 amide bonds. The van der Waals surface area contributed by atoms with Gasteiger partial charge >= 0.3 is 25.4 Å². The quantitative estimate of drug-likeness (QED) is 0.0207. The van der Waals surface area contributed by atoms with E-state index in [9.17, 15) is 4.79 Å². The van der Waals surface area contributed by atoms with Crippen LogP contribution in [0.3, 0.4) is 0 Å². The van der Waals surface area contributed by atoms with Crippen molar-refractivity contribution in [2.45, 2.75) is 311 Å². The van der Waals surface area contributed by atoms with Crippen LogP contribution in [0.15, 0.2) is 66.7 Å². The SMILES string of the molecule is CCCCCCCCc1ccc(CCCCCCCC)c2c1-c1nc-2nc2[n-]c(nc3nc(nc4[n-]c(n1)c1cc5ccc(C(=O)OC)cc5cc41)-c1c(CCCCCCCC)ccc(CCCCCCCC)c1-3)c1c(CCCCCCCC)ccc(CCCCCCCC)c21.[Zn+2]. The molecule has 0 fully saturated rings. The maximum atomic E-state index is 13.2. The molecule has 0 saturated heterocycles. The van der Waals surface area contributed by atoms with E-state index in [1.54, 1.807) is 0 Å². The van der Waals surface area contributed by atoms with Crippen molar-refractivity contribution in [3.63, 3.8) is 0 Å². The number of aromatic nitrogens is 8. The molecule has 514 valence electrons. The Bertz CT molecular complexity index is 3990. The monoisotopic (exact) mass is 1360 g/mol. The Morgan fingerprint density at radius 1 is 0.309 bits per heavy atom. The van der Waals surface area contributed by atoms with Crippen molar-refractivity contribution in [3.8, 4) is 45.6 Å². The number of carbonyl (C=O) groups excluding carboxylic acids is 1. The Morgan fingerprint density at radius 3 is 0.897 bits per heavy atom. The van der Waals surface area contributed by atoms with Crippen molar-refractivity contribution in [1.82, 2.24) is 39.9 Å². The number of hydrogen-bond acceptors (Lipinski definition) is 8. The molecule has 97 heavy (non-hydrogen) atoms. The van der Waals surface area contributed by atoms with Gasteiger partial charge in [0.25, 0.3) is 0 Å². The summed E-state index contributed by atoms with van der Waals surface area (Å²) in [5, 5.41) is 5.81. The first-order valence-corrected chi connectivity index (χ1v) is 39.1. The first-order valence-electron chi connectivity index (χ1n) is 39.1. The molecule has 5 aromatic carbocycles. The zero-order valence-electron chi connectivity index (χ0n) is 61.2. The van der Waals surface area contributed by atoms with Crippen molar-refractivity contribution >= 4 is 60.9 Å². The van der Waals surface area contributed by atoms with Gasteiger partial charge in [-0.25, -0.2) is 14.8 Å². The van der Waals surface area contributed by atoms with Crippen LogP contribution in [0.4, 0.5) is 0 Å². The van der Waals surface area contributed by atoms with Gasteiger partial charge in [-0.3, -0.25) is 0 Å². The van der Waals surface area contributed by atoms with Gasteiger partial charge in [0.05, 0.1) is 36.0 Å². The summed E-state index contributed by atoms with van der Waals surface area (Å²) in [5.41, 5.74) is 14.9. The van der Waals surface area contributed by atoms with Crippen LogP contribution < -0.4 is 9.97 Å². The predicted molar refractivity (Wildman–Crippen MR) is 405 cm³/mol. The summed E-state index contributed by atoms with van der Waals surface area (Å²) in [7, 11) is 1.44. The van der Waals surface area contributed by atoms with Crippen LogP contribution in [0.25, 0.3) is 100 Å². The first kappa shape index (κ1) is 75.0. The smallest absolute Gasteiger partial charge is 0.465 e. The number of unbranched alkanes of at least 4 members (excludes halogenated alkanes) is 30. The molecule has 0 saturated carbocycles. The Balaban J connectivity index is 0.0000110. The molecule has 0 unspecified atom stereocenters. The molecule has 5 heterocycles. The summed E-state index contributed by atoms with van der Waals surface area (Å²) in [6, 6.07) is 24.5. The minimum atomic E-state index is -0.375. The molecule has 8 bridgehead atoms. The molecular weight excluding hydrogens is 1240 g/mol. The zero-order valence-corrected chi connectivity index (χ0v) is 64.1. The van der Waals surface area contributed by atoms with Crippen molar-refractivity contribution < 1.29 is 29.0 Å². The summed E-state index contributed by atoms with van der Waals surface area (Å²) in [6.45, 7) is 13.8. The molecule has 2 aliphatic rings. The third kappa shape index (κ3) is 19.6. The molecule has 10 rings (SSSR count). The third-order valence-electron chi connectivity index (χ3n) is 20.8. The van der Waals surface area contributed by atoms with Crippen molar-refractivity contribution in [2.75, 3.05) is 7.11 Å². The number of methoxy groups -OCH3 is 1. The van der Waals surface area contributed by atoms with Crippen LogP contribution >= 0.6 is 0 Å². The van der Waals surface area contributed by atoms with Gasteiger partial charge in [0.15, 0.2) is 0 Å². The second-order valence-electron chi connectivity index (χ2n) is 28.4. The second kappa shape index (κ2) is 39.6. The summed E-state index contributed by atoms with van der Waals surface area (Å²) in [4.78, 5) is 59.5. The zero-order chi connectivity index (χ0) is 66.9. The van der Waals surface area contributed by atoms with E-state index in [0.717, 1.165) is 132 Å². The second-order valence-corrected chi connectivity index (χ2v) is 28.4. The van der Waals surface area contributed by atoms with E-state index in [-0.39, 0.29) is 25.4 Å². The number of nitrogens with zero attached hydrogens (tertiary/aromatic N) is 8. The summed E-state index contributed by atoms with van der Waals surface area (Å²) < 4.78 is 5.27. The number of carbonyl (C=O) groups is 1. The minimum Gasteiger partial charge on any atom is -0.465 e. The molecule has 0 N–H and O–H groups in total. The molecule has 10 nitrogen and oxygen atoms in total. The molecular formula is C86H116N8O2Zn. The molecule has 3 aromatic heterocycles. The van der Waals surface area contributed by atoms with E-state index >= 15 is 0 Å². The first-order chi connectivity index (χ1) is 47.3. The fraction of sp³-hybridized carbons (Fsp3) is 0.570. The van der Waals surface area contributed by atoms with Gasteiger partial charge in [-0.2, -0.15) is 0 Å². The molecule has 0 spiro atoms. The van der Waals surface area contributed by atoms with Gasteiger partial charge in [-0.1, -0.05) is 277 Å². The van der Waals surface area contributed by atoms with Crippen molar-refractivity contribution in [1.29, 1.82) is 0 Å². The molecule has 8 aromatic rings. The largest absolute Gasteiger partial charge is 2.00 e. The Kier molecular flexibility index (Phi) is 30.6. The van der Waals surface area contributed by atoms with E-state index in [2.05, 4.69) is 90.1 Å². The summed E-state index contributed by atoms with van der Waals surface area (Å²) >= 11 is 0. The van der Waals surface area contributed by atoms with Gasteiger partial charge in [0, 0.05) is 44.8 Å². The number of ether oxygens (including phenoxy) is 1. The summed E-state index contributed by atoms with van der Waals surface area (Å²) in [6.07, 6.45) is 49.2. The maximum Gasteiger partial charge on any atom is 2.00 e. The Hall–Kier alpha value is -6.19. The van der Waals surface area contributed by atoms with Crippen LogP contribution in [-0.4, -0.2) is 43.0 Å². The summed E-state index contributed by atoms with van der Waals surface area (Å²) in [5.74, 6) is 2.26. The number of fused-ring (bicyclic) bond motifs is 21. The number of rotatable bonds is 43. The van der Waals surface area contributed by atoms with Gasteiger partial charge in [-0.15, -0.1) is 0 Å². The predicted octanol–water partition coefficient (Wildman–Crippen LogP) is 24.5. The van der Waals surface area contributed by atoms with Gasteiger partial charge in [0.2, 0.25) is 0 Å². The maximum absolute atomic E-state index is 13.2. The van der Waals surface area contributed by atoms with E-state index in [1.807, 2.05) is 18.2 Å². The Morgan fingerprint density at radius 2 is 0.577 bits per heavy atom. The van der Waals surface area contributed by atoms with E-state index < -0.39 is 0 Å². The standard InChI is InChI=1S/C86H117N8O2.Zn/c1-8-14-20-26-32-38-44-61-50-52-63(46-40-34-28-22-16-10-3)74-72(61)80-88-78-70-59-67-56-57-68(86(95)96-7)58-69(67)60-71(70)79(87-78)89-81-73-62(45-39-33-27-21-15-9-2)51-53-64(47-41-35-29-23-17-11-4)75(73)83(91-81)93-85-77-66(49-43-37-31-25-19-13-6)55-54-65(48-42-36-30-24-18-12-5)76(77)84(94-85)92-82(74)90-80;/h50-60H,8-49H2,1-7H3,(H-,87,88,89,90,91,92,93,94,95);/q-1;+2/p-1. The topological polar surface area (TPSA) is 132 Å². The van der Waals surface area contributed by atoms with Crippen molar-refractivity contribution in [3.05, 3.63) is 106 Å². The van der Waals surface area contributed by atoms with E-state index in [4.69, 9.17) is 44.6 Å². The molecule has 2 aliphatic heterocycles. The number of esters is 1. The third-order valence-corrected chi connectivity index (χ3v) is 20.8. The number of hydrogen-bond donors (Lipinski definition) is 0. The van der Waals surface area contributed by atoms with Gasteiger partial charge < -0.3 is 34.6 Å². The molecule has 0 aliphatic carbocycles. The van der Waals surface area contributed by atoms with E-state index in [1.165, 1.54) is 233 Å². The van der Waals surface area contributed by atoms with Crippen LogP contribution in [0.2, 0.25) is 0 Å². The van der Waals surface area contributed by atoms with Gasteiger partial charge in [-0.05, 0) is 167 Å². The van der Waals surface area contributed by atoms with Crippen LogP contribution in [0.1, 0.15) is 316 Å². The Labute approximate surface area is 595 Å². The fourth-order valence-corrected chi connectivity index (χ4v) is 15.3. The van der Waals surface area contributed by atoms with E-state index in [0.29, 0.717) is 51.4 Å².